The molecule has 2 heterocycles. The number of nitrogens with zero attached hydrogens (tertiary/aromatic N) is 3. The van der Waals surface area contributed by atoms with E-state index in [0.29, 0.717) is 10.7 Å². The predicted molar refractivity (Wildman–Crippen MR) is 107 cm³/mol. The Morgan fingerprint density at radius 1 is 0.962 bits per heavy atom. The van der Waals surface area contributed by atoms with E-state index in [-0.39, 0.29) is 5.82 Å². The maximum atomic E-state index is 14.4. The predicted octanol–water partition coefficient (Wildman–Crippen LogP) is 5.65. The van der Waals surface area contributed by atoms with E-state index < -0.39 is 0 Å². The van der Waals surface area contributed by atoms with E-state index in [2.05, 4.69) is 17.1 Å². The third-order valence-corrected chi connectivity index (χ3v) is 5.71. The number of imidazole rings is 1. The maximum absolute atomic E-state index is 14.4. The third-order valence-electron chi connectivity index (χ3n) is 4.19. The molecule has 0 atom stereocenters. The highest BCUT2D eigenvalue weighted by Crippen LogP contribution is 2.34. The smallest absolute Gasteiger partial charge is 0.234 e. The van der Waals surface area contributed by atoms with Crippen molar-refractivity contribution in [3.8, 4) is 22.5 Å². The number of halogens is 1. The summed E-state index contributed by atoms with van der Waals surface area (Å²) >= 11 is 3.09. The van der Waals surface area contributed by atoms with Crippen molar-refractivity contribution < 1.29 is 4.39 Å². The summed E-state index contributed by atoms with van der Waals surface area (Å²) in [7, 11) is 0. The Kier molecular flexibility index (Phi) is 4.70. The molecule has 6 heteroatoms. The summed E-state index contributed by atoms with van der Waals surface area (Å²) in [6.07, 6.45) is 7.54. The molecular formula is C20H16FN3S2. The molecule has 0 bridgehead atoms. The second-order valence-electron chi connectivity index (χ2n) is 5.68. The lowest BCUT2D eigenvalue weighted by molar-refractivity contribution is 0.602. The van der Waals surface area contributed by atoms with Crippen LogP contribution in [0.15, 0.2) is 70.7 Å². The average Bonchev–Trinajstić information content (AvgIpc) is 3.07. The van der Waals surface area contributed by atoms with E-state index in [4.69, 9.17) is 4.98 Å². The topological polar surface area (TPSA) is 30.2 Å². The van der Waals surface area contributed by atoms with Gasteiger partial charge in [-0.05, 0) is 42.8 Å². The van der Waals surface area contributed by atoms with Crippen molar-refractivity contribution in [3.05, 3.63) is 66.7 Å². The van der Waals surface area contributed by atoms with Crippen LogP contribution in [0, 0.1) is 5.82 Å². The molecule has 0 unspecified atom stereocenters. The van der Waals surface area contributed by atoms with Crippen LogP contribution in [0.5, 0.6) is 0 Å². The molecule has 2 aromatic carbocycles. The van der Waals surface area contributed by atoms with Gasteiger partial charge >= 0.3 is 0 Å². The van der Waals surface area contributed by atoms with Crippen molar-refractivity contribution in [3.63, 3.8) is 0 Å². The molecule has 0 spiro atoms. The standard InChI is InChI=1S/C20H16FN3S2/c1-25-15-7-4-13(5-8-15)18-19(24-11-3-10-22-20(24)23-18)14-6-9-17(26-2)16(21)12-14/h3-12H,1-2H3. The van der Waals surface area contributed by atoms with Crippen LogP contribution >= 0.6 is 23.5 Å². The number of fused-ring (bicyclic) bond motifs is 1. The van der Waals surface area contributed by atoms with Gasteiger partial charge in [-0.3, -0.25) is 4.40 Å². The van der Waals surface area contributed by atoms with Crippen LogP contribution in [-0.2, 0) is 0 Å². The first-order valence-electron chi connectivity index (χ1n) is 8.02. The van der Waals surface area contributed by atoms with Crippen LogP contribution in [0.1, 0.15) is 0 Å². The minimum atomic E-state index is -0.225. The summed E-state index contributed by atoms with van der Waals surface area (Å²) < 4.78 is 16.3. The van der Waals surface area contributed by atoms with Crippen LogP contribution < -0.4 is 0 Å². The Labute approximate surface area is 159 Å². The van der Waals surface area contributed by atoms with Crippen molar-refractivity contribution in [2.45, 2.75) is 9.79 Å². The van der Waals surface area contributed by atoms with Crippen molar-refractivity contribution in [2.24, 2.45) is 0 Å². The fourth-order valence-corrected chi connectivity index (χ4v) is 3.79. The molecule has 0 saturated heterocycles. The molecule has 0 aliphatic carbocycles. The highest BCUT2D eigenvalue weighted by atomic mass is 32.2. The monoisotopic (exact) mass is 381 g/mol. The second kappa shape index (κ2) is 7.13. The summed E-state index contributed by atoms with van der Waals surface area (Å²) in [5, 5.41) is 0. The Hall–Kier alpha value is -2.31. The third kappa shape index (κ3) is 2.99. The Morgan fingerprint density at radius 3 is 2.42 bits per heavy atom. The molecule has 26 heavy (non-hydrogen) atoms. The van der Waals surface area contributed by atoms with Gasteiger partial charge in [0, 0.05) is 33.3 Å². The Bertz CT molecular complexity index is 1070. The molecule has 130 valence electrons. The van der Waals surface area contributed by atoms with Gasteiger partial charge < -0.3 is 0 Å². The van der Waals surface area contributed by atoms with Gasteiger partial charge in [-0.1, -0.05) is 18.2 Å². The Morgan fingerprint density at radius 2 is 1.73 bits per heavy atom. The summed E-state index contributed by atoms with van der Waals surface area (Å²) in [4.78, 5) is 10.9. The summed E-state index contributed by atoms with van der Waals surface area (Å²) in [6, 6.07) is 15.4. The minimum Gasteiger partial charge on any atom is -0.283 e. The van der Waals surface area contributed by atoms with Crippen molar-refractivity contribution in [2.75, 3.05) is 12.5 Å². The molecule has 0 fully saturated rings. The number of benzene rings is 2. The number of hydrogen-bond acceptors (Lipinski definition) is 4. The lowest BCUT2D eigenvalue weighted by Gasteiger charge is -2.08. The van der Waals surface area contributed by atoms with Gasteiger partial charge in [-0.2, -0.15) is 0 Å². The first kappa shape index (κ1) is 17.1. The van der Waals surface area contributed by atoms with Gasteiger partial charge in [0.1, 0.15) is 5.82 Å². The molecule has 3 nitrogen and oxygen atoms in total. The van der Waals surface area contributed by atoms with E-state index in [1.807, 2.05) is 53.4 Å². The molecule has 4 aromatic rings. The van der Waals surface area contributed by atoms with Gasteiger partial charge in [0.15, 0.2) is 0 Å². The molecule has 4 rings (SSSR count). The van der Waals surface area contributed by atoms with E-state index >= 15 is 0 Å². The minimum absolute atomic E-state index is 0.225. The van der Waals surface area contributed by atoms with Crippen molar-refractivity contribution in [1.29, 1.82) is 0 Å². The van der Waals surface area contributed by atoms with Gasteiger partial charge in [0.2, 0.25) is 5.78 Å². The second-order valence-corrected chi connectivity index (χ2v) is 7.40. The van der Waals surface area contributed by atoms with Crippen LogP contribution in [-0.4, -0.2) is 26.9 Å². The fourth-order valence-electron chi connectivity index (χ4n) is 2.93. The largest absolute Gasteiger partial charge is 0.283 e. The van der Waals surface area contributed by atoms with Gasteiger partial charge in [-0.15, -0.1) is 23.5 Å². The average molecular weight is 382 g/mol. The molecule has 0 N–H and O–H groups in total. The first-order valence-corrected chi connectivity index (χ1v) is 10.5. The normalized spacial score (nSPS) is 11.2. The van der Waals surface area contributed by atoms with Crippen molar-refractivity contribution in [1.82, 2.24) is 14.4 Å². The zero-order valence-electron chi connectivity index (χ0n) is 14.3. The lowest BCUT2D eigenvalue weighted by atomic mass is 10.0. The summed E-state index contributed by atoms with van der Waals surface area (Å²) in [5.74, 6) is 0.373. The number of aromatic nitrogens is 3. The zero-order valence-corrected chi connectivity index (χ0v) is 15.9. The quantitative estimate of drug-likeness (QED) is 0.428. The van der Waals surface area contributed by atoms with Gasteiger partial charge in [0.25, 0.3) is 0 Å². The van der Waals surface area contributed by atoms with E-state index in [9.17, 15) is 4.39 Å². The molecular weight excluding hydrogens is 365 g/mol. The van der Waals surface area contributed by atoms with E-state index in [0.717, 1.165) is 22.5 Å². The lowest BCUT2D eigenvalue weighted by Crippen LogP contribution is -1.92. The molecule has 0 radical (unpaired) electrons. The van der Waals surface area contributed by atoms with E-state index in [1.54, 1.807) is 24.0 Å². The van der Waals surface area contributed by atoms with E-state index in [1.165, 1.54) is 16.7 Å². The molecule has 2 aromatic heterocycles. The molecule has 0 amide bonds. The molecule has 0 aliphatic rings. The highest BCUT2D eigenvalue weighted by Gasteiger charge is 2.17. The SMILES string of the molecule is CSc1ccc(-c2nc3ncccn3c2-c2ccc(SC)c(F)c2)cc1. The Balaban J connectivity index is 1.96. The summed E-state index contributed by atoms with van der Waals surface area (Å²) in [6.45, 7) is 0. The molecule has 0 aliphatic heterocycles. The van der Waals surface area contributed by atoms with Gasteiger partial charge in [-0.25, -0.2) is 14.4 Å². The van der Waals surface area contributed by atoms with Crippen LogP contribution in [0.25, 0.3) is 28.3 Å². The fraction of sp³-hybridized carbons (Fsp3) is 0.100. The van der Waals surface area contributed by atoms with Crippen LogP contribution in [0.2, 0.25) is 0 Å². The van der Waals surface area contributed by atoms with Crippen LogP contribution in [0.4, 0.5) is 4.39 Å². The number of hydrogen-bond donors (Lipinski definition) is 0. The summed E-state index contributed by atoms with van der Waals surface area (Å²) in [5.41, 5.74) is 3.41. The molecule has 0 saturated carbocycles. The highest BCUT2D eigenvalue weighted by molar-refractivity contribution is 7.98. The zero-order chi connectivity index (χ0) is 18.1. The van der Waals surface area contributed by atoms with Crippen LogP contribution in [0.3, 0.4) is 0 Å². The first-order chi connectivity index (χ1) is 12.7. The van der Waals surface area contributed by atoms with Gasteiger partial charge in [0.05, 0.1) is 11.4 Å². The maximum Gasteiger partial charge on any atom is 0.234 e. The number of thioether (sulfide) groups is 2. The van der Waals surface area contributed by atoms with Crippen molar-refractivity contribution >= 4 is 29.3 Å². The number of rotatable bonds is 4.